The Labute approximate surface area is 118 Å². The minimum Gasteiger partial charge on any atom is -0.435 e. The number of H-pyrrole nitrogens is 1. The van der Waals surface area contributed by atoms with Gasteiger partial charge >= 0.3 is 0 Å². The molecule has 2 N–H and O–H groups in total. The molecular formula is C12H9ClFN5O. The highest BCUT2D eigenvalue weighted by molar-refractivity contribution is 6.32. The van der Waals surface area contributed by atoms with Gasteiger partial charge in [0.25, 0.3) is 5.88 Å². The van der Waals surface area contributed by atoms with Crippen LogP contribution in [0.2, 0.25) is 5.02 Å². The number of nitrogens with one attached hydrogen (secondary N) is 2. The van der Waals surface area contributed by atoms with E-state index in [1.165, 1.54) is 24.5 Å². The fourth-order valence-electron chi connectivity index (χ4n) is 1.65. The Bertz CT molecular complexity index is 776. The SMILES string of the molecule is CNc1nc(Oc2ccc(F)cc2Cl)c2[nH]cnc2n1. The number of benzene rings is 1. The molecule has 3 aromatic rings. The lowest BCUT2D eigenvalue weighted by atomic mass is 10.3. The molecule has 8 heteroatoms. The van der Waals surface area contributed by atoms with Gasteiger partial charge in [-0.05, 0) is 18.2 Å². The standard InChI is InChI=1S/C12H9ClFN5O/c1-15-12-18-10-9(16-5-17-10)11(19-12)20-8-3-2-6(14)4-7(8)13/h2-5H,1H3,(H2,15,16,17,18,19). The summed E-state index contributed by atoms with van der Waals surface area (Å²) in [5.41, 5.74) is 0.988. The van der Waals surface area contributed by atoms with Gasteiger partial charge in [-0.3, -0.25) is 0 Å². The molecule has 0 radical (unpaired) electrons. The zero-order valence-corrected chi connectivity index (χ0v) is 11.1. The third-order valence-electron chi connectivity index (χ3n) is 2.58. The summed E-state index contributed by atoms with van der Waals surface area (Å²) in [5, 5.41) is 2.96. The summed E-state index contributed by atoms with van der Waals surface area (Å²) in [4.78, 5) is 15.3. The van der Waals surface area contributed by atoms with Crippen LogP contribution < -0.4 is 10.1 Å². The van der Waals surface area contributed by atoms with Gasteiger partial charge in [0, 0.05) is 7.05 Å². The van der Waals surface area contributed by atoms with Crippen LogP contribution in [-0.2, 0) is 0 Å². The summed E-state index contributed by atoms with van der Waals surface area (Å²) in [6.45, 7) is 0. The molecule has 1 aromatic carbocycles. The average molecular weight is 294 g/mol. The normalized spacial score (nSPS) is 10.8. The zero-order chi connectivity index (χ0) is 14.1. The molecule has 0 aliphatic carbocycles. The number of anilines is 1. The molecule has 102 valence electrons. The van der Waals surface area contributed by atoms with Crippen molar-refractivity contribution in [2.75, 3.05) is 12.4 Å². The molecule has 0 spiro atoms. The number of aromatic amines is 1. The number of imidazole rings is 1. The molecule has 0 atom stereocenters. The van der Waals surface area contributed by atoms with Gasteiger partial charge in [0.05, 0.1) is 11.3 Å². The third kappa shape index (κ3) is 2.23. The summed E-state index contributed by atoms with van der Waals surface area (Å²) in [7, 11) is 1.68. The molecule has 0 bridgehead atoms. The fraction of sp³-hybridized carbons (Fsp3) is 0.0833. The topological polar surface area (TPSA) is 75.7 Å². The molecule has 20 heavy (non-hydrogen) atoms. The van der Waals surface area contributed by atoms with E-state index >= 15 is 0 Å². The molecule has 6 nitrogen and oxygen atoms in total. The van der Waals surface area contributed by atoms with E-state index in [9.17, 15) is 4.39 Å². The van der Waals surface area contributed by atoms with Crippen molar-refractivity contribution in [1.82, 2.24) is 19.9 Å². The third-order valence-corrected chi connectivity index (χ3v) is 2.87. The Morgan fingerprint density at radius 1 is 1.35 bits per heavy atom. The van der Waals surface area contributed by atoms with Crippen molar-refractivity contribution in [2.24, 2.45) is 0 Å². The molecule has 0 saturated heterocycles. The lowest BCUT2D eigenvalue weighted by molar-refractivity contribution is 0.466. The molecule has 2 heterocycles. The molecular weight excluding hydrogens is 285 g/mol. The first-order chi connectivity index (χ1) is 9.67. The van der Waals surface area contributed by atoms with E-state index in [0.29, 0.717) is 22.9 Å². The van der Waals surface area contributed by atoms with Gasteiger partial charge in [0.2, 0.25) is 5.95 Å². The largest absolute Gasteiger partial charge is 0.435 e. The van der Waals surface area contributed by atoms with Crippen LogP contribution in [0, 0.1) is 5.82 Å². The fourth-order valence-corrected chi connectivity index (χ4v) is 1.86. The Morgan fingerprint density at radius 3 is 2.95 bits per heavy atom. The molecule has 3 rings (SSSR count). The number of hydrogen-bond acceptors (Lipinski definition) is 5. The first-order valence-corrected chi connectivity index (χ1v) is 6.07. The van der Waals surface area contributed by atoms with E-state index in [2.05, 4.69) is 25.3 Å². The average Bonchev–Trinajstić information content (AvgIpc) is 2.90. The first kappa shape index (κ1) is 12.6. The van der Waals surface area contributed by atoms with Gasteiger partial charge in [0.15, 0.2) is 5.65 Å². The highest BCUT2D eigenvalue weighted by atomic mass is 35.5. The highest BCUT2D eigenvalue weighted by Crippen LogP contribution is 2.31. The van der Waals surface area contributed by atoms with Crippen LogP contribution in [0.3, 0.4) is 0 Å². The number of hydrogen-bond donors (Lipinski definition) is 2. The maximum absolute atomic E-state index is 13.0. The Morgan fingerprint density at radius 2 is 2.20 bits per heavy atom. The van der Waals surface area contributed by atoms with Gasteiger partial charge in [-0.2, -0.15) is 9.97 Å². The van der Waals surface area contributed by atoms with Gasteiger partial charge in [-0.15, -0.1) is 0 Å². The second-order valence-electron chi connectivity index (χ2n) is 3.88. The van der Waals surface area contributed by atoms with Crippen molar-refractivity contribution in [3.63, 3.8) is 0 Å². The Kier molecular flexibility index (Phi) is 3.11. The van der Waals surface area contributed by atoms with Gasteiger partial charge in [0.1, 0.15) is 17.1 Å². The number of aromatic nitrogens is 4. The van der Waals surface area contributed by atoms with Crippen LogP contribution in [0.4, 0.5) is 10.3 Å². The van der Waals surface area contributed by atoms with Gasteiger partial charge in [-0.25, -0.2) is 9.37 Å². The summed E-state index contributed by atoms with van der Waals surface area (Å²) >= 11 is 5.93. The maximum atomic E-state index is 13.0. The minimum atomic E-state index is -0.437. The molecule has 0 aliphatic heterocycles. The second-order valence-corrected chi connectivity index (χ2v) is 4.29. The molecule has 0 fully saturated rings. The lowest BCUT2D eigenvalue weighted by Crippen LogP contribution is -1.99. The molecule has 0 amide bonds. The monoisotopic (exact) mass is 293 g/mol. The predicted molar refractivity (Wildman–Crippen MR) is 72.7 cm³/mol. The quantitative estimate of drug-likeness (QED) is 0.776. The number of fused-ring (bicyclic) bond motifs is 1. The van der Waals surface area contributed by atoms with Crippen LogP contribution in [0.25, 0.3) is 11.2 Å². The van der Waals surface area contributed by atoms with Gasteiger partial charge < -0.3 is 15.0 Å². The van der Waals surface area contributed by atoms with E-state index < -0.39 is 5.82 Å². The van der Waals surface area contributed by atoms with E-state index in [4.69, 9.17) is 16.3 Å². The molecule has 0 aliphatic rings. The van der Waals surface area contributed by atoms with Crippen molar-refractivity contribution in [3.8, 4) is 11.6 Å². The number of halogens is 2. The minimum absolute atomic E-state index is 0.155. The van der Waals surface area contributed by atoms with E-state index in [1.807, 2.05) is 0 Å². The van der Waals surface area contributed by atoms with Gasteiger partial charge in [-0.1, -0.05) is 11.6 Å². The summed E-state index contributed by atoms with van der Waals surface area (Å²) in [6.07, 6.45) is 1.48. The lowest BCUT2D eigenvalue weighted by Gasteiger charge is -2.08. The highest BCUT2D eigenvalue weighted by Gasteiger charge is 2.13. The van der Waals surface area contributed by atoms with Crippen LogP contribution >= 0.6 is 11.6 Å². The smallest absolute Gasteiger partial charge is 0.250 e. The molecule has 0 unspecified atom stereocenters. The molecule has 0 saturated carbocycles. The van der Waals surface area contributed by atoms with Crippen molar-refractivity contribution < 1.29 is 9.13 Å². The van der Waals surface area contributed by atoms with Crippen LogP contribution in [-0.4, -0.2) is 27.0 Å². The number of ether oxygens (including phenoxy) is 1. The molecule has 2 aromatic heterocycles. The van der Waals surface area contributed by atoms with Crippen molar-refractivity contribution >= 4 is 28.7 Å². The number of rotatable bonds is 3. The van der Waals surface area contributed by atoms with Crippen LogP contribution in [0.15, 0.2) is 24.5 Å². The van der Waals surface area contributed by atoms with E-state index in [0.717, 1.165) is 0 Å². The second kappa shape index (κ2) is 4.93. The first-order valence-electron chi connectivity index (χ1n) is 5.69. The van der Waals surface area contributed by atoms with E-state index in [1.54, 1.807) is 7.05 Å². The Hall–Kier alpha value is -2.41. The predicted octanol–water partition coefficient (Wildman–Crippen LogP) is 2.98. The van der Waals surface area contributed by atoms with Crippen molar-refractivity contribution in [1.29, 1.82) is 0 Å². The van der Waals surface area contributed by atoms with Crippen molar-refractivity contribution in [2.45, 2.75) is 0 Å². The maximum Gasteiger partial charge on any atom is 0.250 e. The van der Waals surface area contributed by atoms with Crippen molar-refractivity contribution in [3.05, 3.63) is 35.4 Å². The van der Waals surface area contributed by atoms with Crippen LogP contribution in [0.5, 0.6) is 11.6 Å². The zero-order valence-electron chi connectivity index (χ0n) is 10.3. The summed E-state index contributed by atoms with van der Waals surface area (Å²) < 4.78 is 18.6. The number of nitrogens with zero attached hydrogens (tertiary/aromatic N) is 3. The summed E-state index contributed by atoms with van der Waals surface area (Å²) in [6, 6.07) is 3.85. The van der Waals surface area contributed by atoms with Crippen LogP contribution in [0.1, 0.15) is 0 Å². The Balaban J connectivity index is 2.07. The summed E-state index contributed by atoms with van der Waals surface area (Å²) in [5.74, 6) is 0.473. The van der Waals surface area contributed by atoms with E-state index in [-0.39, 0.29) is 10.9 Å².